The number of ether oxygens (including phenoxy) is 1. The van der Waals surface area contributed by atoms with Crippen LogP contribution in [0.25, 0.3) is 0 Å². The van der Waals surface area contributed by atoms with E-state index in [4.69, 9.17) is 4.74 Å². The van der Waals surface area contributed by atoms with Crippen LogP contribution in [-0.4, -0.2) is 12.6 Å². The third kappa shape index (κ3) is 5.88. The van der Waals surface area contributed by atoms with Gasteiger partial charge in [0.1, 0.15) is 0 Å². The summed E-state index contributed by atoms with van der Waals surface area (Å²) in [7, 11) is 0. The zero-order chi connectivity index (χ0) is 19.0. The van der Waals surface area contributed by atoms with E-state index in [2.05, 4.69) is 31.4 Å². The molecule has 1 atom stereocenters. The SMILES string of the molecule is CCOCc1ccccc1CNC(=O)NC(c1ccccc1)C(C)(C)C. The fourth-order valence-corrected chi connectivity index (χ4v) is 2.89. The van der Waals surface area contributed by atoms with Gasteiger partial charge in [0.25, 0.3) is 0 Å². The molecule has 2 aromatic rings. The molecule has 2 amide bonds. The predicted molar refractivity (Wildman–Crippen MR) is 106 cm³/mol. The van der Waals surface area contributed by atoms with E-state index in [1.165, 1.54) is 0 Å². The standard InChI is InChI=1S/C22H30N2O2/c1-5-26-16-19-14-10-9-13-18(19)15-23-21(25)24-20(22(2,3)4)17-11-7-6-8-12-17/h6-14,20H,5,15-16H2,1-4H3,(H2,23,24,25). The van der Waals surface area contributed by atoms with E-state index in [0.717, 1.165) is 16.7 Å². The first-order chi connectivity index (χ1) is 12.4. The molecular weight excluding hydrogens is 324 g/mol. The molecule has 26 heavy (non-hydrogen) atoms. The highest BCUT2D eigenvalue weighted by Gasteiger charge is 2.27. The average molecular weight is 354 g/mol. The second-order valence-corrected chi connectivity index (χ2v) is 7.44. The minimum atomic E-state index is -0.167. The second-order valence-electron chi connectivity index (χ2n) is 7.44. The minimum absolute atomic E-state index is 0.0673. The van der Waals surface area contributed by atoms with Gasteiger partial charge in [-0.25, -0.2) is 4.79 Å². The predicted octanol–water partition coefficient (Wildman–Crippen LogP) is 4.81. The fraction of sp³-hybridized carbons (Fsp3) is 0.409. The summed E-state index contributed by atoms with van der Waals surface area (Å²) < 4.78 is 5.51. The number of rotatable bonds is 7. The Morgan fingerprint density at radius 3 is 2.23 bits per heavy atom. The Labute approximate surface area is 157 Å². The van der Waals surface area contributed by atoms with Gasteiger partial charge >= 0.3 is 6.03 Å². The Morgan fingerprint density at radius 1 is 1.00 bits per heavy atom. The van der Waals surface area contributed by atoms with Crippen LogP contribution in [0.1, 0.15) is 50.4 Å². The number of hydrogen-bond acceptors (Lipinski definition) is 2. The zero-order valence-corrected chi connectivity index (χ0v) is 16.2. The first kappa shape index (κ1) is 20.0. The van der Waals surface area contributed by atoms with Crippen molar-refractivity contribution in [2.75, 3.05) is 6.61 Å². The monoisotopic (exact) mass is 354 g/mol. The van der Waals surface area contributed by atoms with Crippen molar-refractivity contribution in [3.8, 4) is 0 Å². The van der Waals surface area contributed by atoms with Gasteiger partial charge in [0.15, 0.2) is 0 Å². The van der Waals surface area contributed by atoms with Crippen LogP contribution in [0.4, 0.5) is 4.79 Å². The Hall–Kier alpha value is -2.33. The summed E-state index contributed by atoms with van der Waals surface area (Å²) in [5.74, 6) is 0. The zero-order valence-electron chi connectivity index (χ0n) is 16.2. The van der Waals surface area contributed by atoms with Crippen molar-refractivity contribution < 1.29 is 9.53 Å². The topological polar surface area (TPSA) is 50.4 Å². The van der Waals surface area contributed by atoms with Crippen molar-refractivity contribution >= 4 is 6.03 Å². The van der Waals surface area contributed by atoms with Gasteiger partial charge in [-0.15, -0.1) is 0 Å². The second kappa shape index (κ2) is 9.39. The smallest absolute Gasteiger partial charge is 0.315 e. The van der Waals surface area contributed by atoms with Crippen LogP contribution >= 0.6 is 0 Å². The van der Waals surface area contributed by atoms with E-state index in [0.29, 0.717) is 19.8 Å². The van der Waals surface area contributed by atoms with Crippen molar-refractivity contribution in [1.82, 2.24) is 10.6 Å². The van der Waals surface area contributed by atoms with E-state index >= 15 is 0 Å². The van der Waals surface area contributed by atoms with Gasteiger partial charge in [-0.05, 0) is 29.0 Å². The molecule has 2 N–H and O–H groups in total. The first-order valence-corrected chi connectivity index (χ1v) is 9.15. The Morgan fingerprint density at radius 2 is 1.62 bits per heavy atom. The van der Waals surface area contributed by atoms with Gasteiger partial charge < -0.3 is 15.4 Å². The highest BCUT2D eigenvalue weighted by atomic mass is 16.5. The maximum absolute atomic E-state index is 12.5. The van der Waals surface area contributed by atoms with Gasteiger partial charge in [0.2, 0.25) is 0 Å². The number of benzene rings is 2. The quantitative estimate of drug-likeness (QED) is 0.750. The molecule has 0 heterocycles. The summed E-state index contributed by atoms with van der Waals surface area (Å²) >= 11 is 0. The van der Waals surface area contributed by atoms with Crippen LogP contribution < -0.4 is 10.6 Å². The molecule has 0 aliphatic carbocycles. The molecule has 4 nitrogen and oxygen atoms in total. The van der Waals surface area contributed by atoms with Crippen LogP contribution in [0.15, 0.2) is 54.6 Å². The molecule has 0 aliphatic rings. The third-order valence-electron chi connectivity index (χ3n) is 4.29. The van der Waals surface area contributed by atoms with Crippen molar-refractivity contribution in [2.24, 2.45) is 5.41 Å². The number of amides is 2. The van der Waals surface area contributed by atoms with Crippen LogP contribution in [0, 0.1) is 5.41 Å². The van der Waals surface area contributed by atoms with E-state index in [1.54, 1.807) is 0 Å². The van der Waals surface area contributed by atoms with Gasteiger partial charge in [-0.3, -0.25) is 0 Å². The lowest BCUT2D eigenvalue weighted by atomic mass is 9.82. The maximum Gasteiger partial charge on any atom is 0.315 e. The summed E-state index contributed by atoms with van der Waals surface area (Å²) in [6, 6.07) is 17.9. The van der Waals surface area contributed by atoms with Crippen LogP contribution in [0.3, 0.4) is 0 Å². The van der Waals surface area contributed by atoms with Gasteiger partial charge in [0.05, 0.1) is 12.6 Å². The molecule has 0 bridgehead atoms. The molecule has 0 radical (unpaired) electrons. The van der Waals surface area contributed by atoms with E-state index < -0.39 is 0 Å². The van der Waals surface area contributed by atoms with Crippen LogP contribution in [0.5, 0.6) is 0 Å². The summed E-state index contributed by atoms with van der Waals surface area (Å²) in [5.41, 5.74) is 3.19. The average Bonchev–Trinajstić information content (AvgIpc) is 2.63. The summed E-state index contributed by atoms with van der Waals surface area (Å²) in [6.07, 6.45) is 0. The molecule has 0 aromatic heterocycles. The summed E-state index contributed by atoms with van der Waals surface area (Å²) in [5, 5.41) is 6.11. The number of nitrogens with one attached hydrogen (secondary N) is 2. The molecule has 0 fully saturated rings. The number of urea groups is 1. The van der Waals surface area contributed by atoms with Crippen molar-refractivity contribution in [3.05, 3.63) is 71.3 Å². The Kier molecular flexibility index (Phi) is 7.22. The van der Waals surface area contributed by atoms with Gasteiger partial charge in [-0.2, -0.15) is 0 Å². The van der Waals surface area contributed by atoms with E-state index in [1.807, 2.05) is 61.5 Å². The molecule has 2 rings (SSSR count). The van der Waals surface area contributed by atoms with Crippen LogP contribution in [-0.2, 0) is 17.9 Å². The van der Waals surface area contributed by atoms with E-state index in [-0.39, 0.29) is 17.5 Å². The molecule has 4 heteroatoms. The van der Waals surface area contributed by atoms with Crippen molar-refractivity contribution in [3.63, 3.8) is 0 Å². The van der Waals surface area contributed by atoms with E-state index in [9.17, 15) is 4.79 Å². The number of carbonyl (C=O) groups excluding carboxylic acids is 1. The molecule has 140 valence electrons. The molecule has 1 unspecified atom stereocenters. The van der Waals surface area contributed by atoms with Crippen molar-refractivity contribution in [1.29, 1.82) is 0 Å². The number of carbonyl (C=O) groups is 1. The molecular formula is C22H30N2O2. The molecule has 2 aromatic carbocycles. The summed E-state index contributed by atoms with van der Waals surface area (Å²) in [6.45, 7) is 10.1. The van der Waals surface area contributed by atoms with Crippen LogP contribution in [0.2, 0.25) is 0 Å². The largest absolute Gasteiger partial charge is 0.377 e. The summed E-state index contributed by atoms with van der Waals surface area (Å²) in [4.78, 5) is 12.5. The lowest BCUT2D eigenvalue weighted by Crippen LogP contribution is -2.42. The highest BCUT2D eigenvalue weighted by Crippen LogP contribution is 2.32. The normalized spacial score (nSPS) is 12.5. The van der Waals surface area contributed by atoms with Gasteiger partial charge in [0, 0.05) is 13.2 Å². The minimum Gasteiger partial charge on any atom is -0.377 e. The third-order valence-corrected chi connectivity index (χ3v) is 4.29. The molecule has 0 saturated carbocycles. The Bertz CT molecular complexity index is 693. The lowest BCUT2D eigenvalue weighted by molar-refractivity contribution is 0.133. The number of hydrogen-bond donors (Lipinski definition) is 2. The fourth-order valence-electron chi connectivity index (χ4n) is 2.89. The Balaban J connectivity index is 2.01. The van der Waals surface area contributed by atoms with Crippen molar-refractivity contribution in [2.45, 2.75) is 46.9 Å². The lowest BCUT2D eigenvalue weighted by Gasteiger charge is -2.32. The molecule has 0 spiro atoms. The molecule has 0 saturated heterocycles. The maximum atomic E-state index is 12.5. The van der Waals surface area contributed by atoms with Gasteiger partial charge in [-0.1, -0.05) is 75.4 Å². The molecule has 0 aliphatic heterocycles. The first-order valence-electron chi connectivity index (χ1n) is 9.15. The highest BCUT2D eigenvalue weighted by molar-refractivity contribution is 5.74.